The first-order valence-corrected chi connectivity index (χ1v) is 8.78. The number of aromatic nitrogens is 1. The van der Waals surface area contributed by atoms with E-state index in [1.54, 1.807) is 0 Å². The van der Waals surface area contributed by atoms with Gasteiger partial charge in [0, 0.05) is 43.2 Å². The molecule has 3 rings (SSSR count). The van der Waals surface area contributed by atoms with Gasteiger partial charge < -0.3 is 19.9 Å². The molecule has 2 N–H and O–H groups in total. The van der Waals surface area contributed by atoms with E-state index in [4.69, 9.17) is 5.11 Å². The number of carbonyl (C=O) groups is 1. The molecular weight excluding hydrogens is 302 g/mol. The maximum Gasteiger partial charge on any atom is 0.270 e. The Hall–Kier alpha value is -1.85. The molecule has 0 radical (unpaired) electrons. The number of nitrogens with zero attached hydrogens (tertiary/aromatic N) is 2. The third-order valence-electron chi connectivity index (χ3n) is 5.05. The molecule has 0 unspecified atom stereocenters. The number of nitrogens with one attached hydrogen (secondary N) is 1. The van der Waals surface area contributed by atoms with E-state index in [-0.39, 0.29) is 12.5 Å². The van der Waals surface area contributed by atoms with Crippen molar-refractivity contribution in [2.24, 2.45) is 0 Å². The van der Waals surface area contributed by atoms with Gasteiger partial charge in [0.25, 0.3) is 5.91 Å². The molecule has 2 heterocycles. The van der Waals surface area contributed by atoms with Crippen LogP contribution in [0, 0.1) is 6.92 Å². The molecule has 2 aromatic rings. The van der Waals surface area contributed by atoms with Crippen LogP contribution in [0.15, 0.2) is 24.3 Å². The van der Waals surface area contributed by atoms with Crippen LogP contribution >= 0.6 is 0 Å². The molecule has 1 aromatic carbocycles. The van der Waals surface area contributed by atoms with Gasteiger partial charge in [-0.2, -0.15) is 0 Å². The fourth-order valence-electron chi connectivity index (χ4n) is 3.54. The van der Waals surface area contributed by atoms with Crippen LogP contribution in [-0.4, -0.2) is 65.1 Å². The number of rotatable bonds is 5. The van der Waals surface area contributed by atoms with Gasteiger partial charge >= 0.3 is 0 Å². The van der Waals surface area contributed by atoms with Gasteiger partial charge in [0.1, 0.15) is 5.69 Å². The summed E-state index contributed by atoms with van der Waals surface area (Å²) in [5.74, 6) is 0.0975. The number of hydrogen-bond acceptors (Lipinski definition) is 3. The second kappa shape index (κ2) is 7.36. The number of aliphatic hydroxyl groups is 1. The number of carbonyl (C=O) groups excluding carboxylic acids is 1. The zero-order valence-electron chi connectivity index (χ0n) is 14.6. The molecule has 1 aliphatic rings. The first kappa shape index (κ1) is 17.0. The Bertz CT molecular complexity index is 702. The van der Waals surface area contributed by atoms with Crippen LogP contribution < -0.4 is 0 Å². The van der Waals surface area contributed by atoms with Gasteiger partial charge in [-0.1, -0.05) is 12.1 Å². The fraction of sp³-hybridized carbons (Fsp3) is 0.526. The van der Waals surface area contributed by atoms with Crippen molar-refractivity contribution in [1.29, 1.82) is 0 Å². The van der Waals surface area contributed by atoms with Crippen LogP contribution in [0.3, 0.4) is 0 Å². The number of amides is 1. The third-order valence-corrected chi connectivity index (χ3v) is 5.05. The van der Waals surface area contributed by atoms with Crippen LogP contribution in [0.2, 0.25) is 0 Å². The van der Waals surface area contributed by atoms with E-state index in [1.165, 1.54) is 5.56 Å². The predicted octanol–water partition coefficient (Wildman–Crippen LogP) is 2.40. The highest BCUT2D eigenvalue weighted by molar-refractivity contribution is 5.98. The summed E-state index contributed by atoms with van der Waals surface area (Å²) in [4.78, 5) is 20.3. The van der Waals surface area contributed by atoms with Gasteiger partial charge in [-0.15, -0.1) is 0 Å². The summed E-state index contributed by atoms with van der Waals surface area (Å²) in [5, 5.41) is 10.0. The minimum Gasteiger partial charge on any atom is -0.396 e. The molecule has 0 aliphatic carbocycles. The van der Waals surface area contributed by atoms with Gasteiger partial charge in [-0.3, -0.25) is 4.79 Å². The second-order valence-corrected chi connectivity index (χ2v) is 6.85. The van der Waals surface area contributed by atoms with Crippen molar-refractivity contribution in [2.45, 2.75) is 32.2 Å². The Morgan fingerprint density at radius 3 is 2.79 bits per heavy atom. The van der Waals surface area contributed by atoms with Crippen LogP contribution in [0.4, 0.5) is 0 Å². The summed E-state index contributed by atoms with van der Waals surface area (Å²) in [6.45, 7) is 4.79. The molecule has 0 spiro atoms. The van der Waals surface area contributed by atoms with Gasteiger partial charge in [0.15, 0.2) is 0 Å². The first-order chi connectivity index (χ1) is 11.6. The SMILES string of the molecule is Cc1ccc2cc(C(=O)N3CCC(N(C)CCCO)CC3)[nH]c2c1. The monoisotopic (exact) mass is 329 g/mol. The summed E-state index contributed by atoms with van der Waals surface area (Å²) in [5.41, 5.74) is 2.90. The molecule has 0 atom stereocenters. The van der Waals surface area contributed by atoms with Gasteiger partial charge in [-0.05, 0) is 50.9 Å². The van der Waals surface area contributed by atoms with Crippen molar-refractivity contribution in [3.63, 3.8) is 0 Å². The van der Waals surface area contributed by atoms with E-state index in [1.807, 2.05) is 11.0 Å². The lowest BCUT2D eigenvalue weighted by atomic mass is 10.0. The third kappa shape index (κ3) is 3.62. The predicted molar refractivity (Wildman–Crippen MR) is 96.3 cm³/mol. The van der Waals surface area contributed by atoms with E-state index in [0.29, 0.717) is 11.7 Å². The minimum absolute atomic E-state index is 0.0975. The van der Waals surface area contributed by atoms with Gasteiger partial charge in [0.2, 0.25) is 0 Å². The Labute approximate surface area is 143 Å². The number of fused-ring (bicyclic) bond motifs is 1. The van der Waals surface area contributed by atoms with Gasteiger partial charge in [-0.25, -0.2) is 0 Å². The quantitative estimate of drug-likeness (QED) is 0.885. The normalized spacial score (nSPS) is 16.2. The Morgan fingerprint density at radius 1 is 1.33 bits per heavy atom. The molecule has 1 saturated heterocycles. The Balaban J connectivity index is 1.62. The number of aromatic amines is 1. The lowest BCUT2D eigenvalue weighted by Gasteiger charge is -2.36. The summed E-state index contributed by atoms with van der Waals surface area (Å²) >= 11 is 0. The Kier molecular flexibility index (Phi) is 5.21. The van der Waals surface area contributed by atoms with Gasteiger partial charge in [0.05, 0.1) is 0 Å². The molecule has 24 heavy (non-hydrogen) atoms. The van der Waals surface area contributed by atoms with Crippen molar-refractivity contribution >= 4 is 16.8 Å². The number of H-pyrrole nitrogens is 1. The van der Waals surface area contributed by atoms with Crippen LogP contribution in [0.1, 0.15) is 35.3 Å². The molecule has 0 bridgehead atoms. The largest absolute Gasteiger partial charge is 0.396 e. The molecule has 130 valence electrons. The van der Waals surface area contributed by atoms with Crippen molar-refractivity contribution in [3.8, 4) is 0 Å². The number of piperidine rings is 1. The van der Waals surface area contributed by atoms with Crippen LogP contribution in [-0.2, 0) is 0 Å². The summed E-state index contributed by atoms with van der Waals surface area (Å²) < 4.78 is 0. The van der Waals surface area contributed by atoms with Crippen molar-refractivity contribution in [2.75, 3.05) is 33.3 Å². The molecule has 1 amide bonds. The maximum absolute atomic E-state index is 12.8. The van der Waals surface area contributed by atoms with Crippen molar-refractivity contribution < 1.29 is 9.90 Å². The molecule has 0 saturated carbocycles. The van der Waals surface area contributed by atoms with E-state index in [2.05, 4.69) is 42.1 Å². The number of aryl methyl sites for hydroxylation is 1. The van der Waals surface area contributed by atoms with E-state index in [9.17, 15) is 4.79 Å². The lowest BCUT2D eigenvalue weighted by molar-refractivity contribution is 0.0636. The summed E-state index contributed by atoms with van der Waals surface area (Å²) in [7, 11) is 2.11. The average molecular weight is 329 g/mol. The lowest BCUT2D eigenvalue weighted by Crippen LogP contribution is -2.45. The summed E-state index contributed by atoms with van der Waals surface area (Å²) in [6, 6.07) is 8.66. The molecule has 1 fully saturated rings. The van der Waals surface area contributed by atoms with E-state index >= 15 is 0 Å². The average Bonchev–Trinajstić information content (AvgIpc) is 3.02. The fourth-order valence-corrected chi connectivity index (χ4v) is 3.54. The smallest absolute Gasteiger partial charge is 0.270 e. The first-order valence-electron chi connectivity index (χ1n) is 8.78. The van der Waals surface area contributed by atoms with Crippen molar-refractivity contribution in [3.05, 3.63) is 35.5 Å². The molecule has 5 nitrogen and oxygen atoms in total. The second-order valence-electron chi connectivity index (χ2n) is 6.85. The highest BCUT2D eigenvalue weighted by Gasteiger charge is 2.26. The van der Waals surface area contributed by atoms with Crippen LogP contribution in [0.5, 0.6) is 0 Å². The Morgan fingerprint density at radius 2 is 2.08 bits per heavy atom. The summed E-state index contributed by atoms with van der Waals surface area (Å²) in [6.07, 6.45) is 2.80. The highest BCUT2D eigenvalue weighted by atomic mass is 16.3. The number of hydrogen-bond donors (Lipinski definition) is 2. The minimum atomic E-state index is 0.0975. The van der Waals surface area contributed by atoms with E-state index < -0.39 is 0 Å². The van der Waals surface area contributed by atoms with Crippen molar-refractivity contribution in [1.82, 2.24) is 14.8 Å². The number of aliphatic hydroxyl groups excluding tert-OH is 1. The number of likely N-dealkylation sites (tertiary alicyclic amines) is 1. The highest BCUT2D eigenvalue weighted by Crippen LogP contribution is 2.21. The van der Waals surface area contributed by atoms with Crippen LogP contribution in [0.25, 0.3) is 10.9 Å². The number of benzene rings is 1. The maximum atomic E-state index is 12.8. The molecular formula is C19H27N3O2. The van der Waals surface area contributed by atoms with E-state index in [0.717, 1.165) is 49.8 Å². The molecule has 5 heteroatoms. The molecule has 1 aliphatic heterocycles. The zero-order chi connectivity index (χ0) is 17.1. The molecule has 1 aromatic heterocycles. The zero-order valence-corrected chi connectivity index (χ0v) is 14.6. The topological polar surface area (TPSA) is 59.6 Å². The standard InChI is InChI=1S/C19H27N3O2/c1-14-4-5-15-13-18(20-17(15)12-14)19(24)22-9-6-16(7-10-22)21(2)8-3-11-23/h4-5,12-13,16,20,23H,3,6-11H2,1-2H3.